The Bertz CT molecular complexity index is 3160. The number of aliphatic hydroxyl groups excluding tert-OH is 19. The molecule has 0 spiro atoms. The Balaban J connectivity index is 1.31. The van der Waals surface area contributed by atoms with Gasteiger partial charge in [-0.2, -0.15) is 0 Å². The van der Waals surface area contributed by atoms with Gasteiger partial charge in [-0.15, -0.1) is 0 Å². The SMILES string of the molecule is CCCCCCCCCCCCC/C=C/[C@@H](O)[C@H](CO[C@@H]1OC(CO)[C@@H](O[C@@H]2OC(CO)[C@H](O[C@@H]3OC(CO)[C@H](O)[C@H](O[C@@H]4OC(CO)[C@H](O)[C@H](O[C@]5(C(=O)O)CC(O)[C@@H](NC(C)=O)C([C@H](O)[C@H](O)CO)O5)C4O)C3NC(C)=O)[C@H](O[C@]3(C(=O)O)CC(O)[C@@H](NC(C)=O)C([C@H](O)[C@H](O)CO)O3)C2O)[C@H](O)C1O)NC(=O)CCCCCCCCCCCCCCC. The number of carbonyl (C=O) groups is 6. The van der Waals surface area contributed by atoms with Crippen molar-refractivity contribution in [1.82, 2.24) is 21.3 Å². The fraction of sp³-hybridized carbons (Fsp3) is 0.902. The summed E-state index contributed by atoms with van der Waals surface area (Å²) in [6, 6.07) is -6.94. The average Bonchev–Trinajstić information content (AvgIpc) is 0.749. The zero-order chi connectivity index (χ0) is 92.4. The normalized spacial score (nSPS) is 35.5. The highest BCUT2D eigenvalue weighted by Gasteiger charge is 2.64. The van der Waals surface area contributed by atoms with Gasteiger partial charge < -0.3 is 185 Å². The predicted octanol–water partition coefficient (Wildman–Crippen LogP) is -4.65. The summed E-state index contributed by atoms with van der Waals surface area (Å²) in [5.74, 6) is -14.5. The van der Waals surface area contributed by atoms with E-state index >= 15 is 0 Å². The molecule has 0 aromatic heterocycles. The molecule has 6 aliphatic rings. The van der Waals surface area contributed by atoms with Crippen LogP contribution in [0.1, 0.15) is 214 Å². The minimum atomic E-state index is -3.50. The predicted molar refractivity (Wildman–Crippen MR) is 431 cm³/mol. The zero-order valence-electron chi connectivity index (χ0n) is 72.1. The molecule has 0 radical (unpaired) electrons. The summed E-state index contributed by atoms with van der Waals surface area (Å²) < 4.78 is 72.3. The number of nitrogens with one attached hydrogen (secondary N) is 4. The highest BCUT2D eigenvalue weighted by molar-refractivity contribution is 5.78. The van der Waals surface area contributed by atoms with Crippen molar-refractivity contribution in [2.75, 3.05) is 46.2 Å². The van der Waals surface area contributed by atoms with Crippen molar-refractivity contribution >= 4 is 35.6 Å². The third-order valence-corrected chi connectivity index (χ3v) is 23.6. The number of allylic oxidation sites excluding steroid dienone is 1. The maximum atomic E-state index is 14.0. The van der Waals surface area contributed by atoms with Gasteiger partial charge in [0.2, 0.25) is 23.6 Å². The first-order chi connectivity index (χ1) is 59.6. The molecule has 12 unspecified atom stereocenters. The van der Waals surface area contributed by atoms with Crippen LogP contribution in [0.25, 0.3) is 0 Å². The number of unbranched alkanes of at least 4 members (excludes halogenated alkanes) is 23. The summed E-state index contributed by atoms with van der Waals surface area (Å²) in [7, 11) is 0. The molecule has 25 N–H and O–H groups in total. The van der Waals surface area contributed by atoms with Crippen molar-refractivity contribution in [3.63, 3.8) is 0 Å². The highest BCUT2D eigenvalue weighted by atomic mass is 16.8. The number of aliphatic carboxylic acids is 2. The molecular formula is C82H144N4O39. The second kappa shape index (κ2) is 55.0. The number of carboxylic acids is 2. The number of aliphatic hydroxyl groups is 19. The van der Waals surface area contributed by atoms with Crippen LogP contribution in [0.2, 0.25) is 0 Å². The van der Waals surface area contributed by atoms with Gasteiger partial charge in [-0.3, -0.25) is 19.2 Å². The number of rotatable bonds is 57. The molecule has 0 bridgehead atoms. The van der Waals surface area contributed by atoms with E-state index < -0.39 is 302 Å². The molecule has 4 amide bonds. The van der Waals surface area contributed by atoms with Crippen molar-refractivity contribution < 1.29 is 193 Å². The molecule has 43 heteroatoms. The van der Waals surface area contributed by atoms with Gasteiger partial charge in [0.05, 0.1) is 82.7 Å². The molecule has 6 fully saturated rings. The molecule has 125 heavy (non-hydrogen) atoms. The lowest BCUT2D eigenvalue weighted by Gasteiger charge is -2.53. The van der Waals surface area contributed by atoms with E-state index in [0.717, 1.165) is 85.0 Å². The van der Waals surface area contributed by atoms with Gasteiger partial charge in [-0.05, 0) is 19.3 Å². The Kier molecular flexibility index (Phi) is 48.0. The number of carbonyl (C=O) groups excluding carboxylic acids is 4. The van der Waals surface area contributed by atoms with Crippen molar-refractivity contribution in [2.45, 2.75) is 422 Å². The molecule has 0 saturated carbocycles. The minimum absolute atomic E-state index is 0.0947. The quantitative estimate of drug-likeness (QED) is 0.0201. The number of ether oxygens (including phenoxy) is 12. The van der Waals surface area contributed by atoms with Crippen LogP contribution in [0.15, 0.2) is 12.2 Å². The van der Waals surface area contributed by atoms with E-state index in [9.17, 15) is 136 Å². The zero-order valence-corrected chi connectivity index (χ0v) is 72.1. The lowest BCUT2D eigenvalue weighted by Crippen LogP contribution is -2.72. The summed E-state index contributed by atoms with van der Waals surface area (Å²) in [5, 5.41) is 247. The van der Waals surface area contributed by atoms with Crippen molar-refractivity contribution in [3.05, 3.63) is 12.2 Å². The highest BCUT2D eigenvalue weighted by Crippen LogP contribution is 2.43. The summed E-state index contributed by atoms with van der Waals surface area (Å²) >= 11 is 0. The molecule has 43 nitrogen and oxygen atoms in total. The first-order valence-corrected chi connectivity index (χ1v) is 44.2. The molecule has 0 aromatic rings. The van der Waals surface area contributed by atoms with E-state index in [4.69, 9.17) is 56.8 Å². The molecule has 6 rings (SSSR count). The first-order valence-electron chi connectivity index (χ1n) is 44.2. The molecule has 6 saturated heterocycles. The van der Waals surface area contributed by atoms with Gasteiger partial charge in [0.15, 0.2) is 25.2 Å². The number of hydrogen-bond acceptors (Lipinski definition) is 37. The number of amides is 4. The fourth-order valence-electron chi connectivity index (χ4n) is 16.6. The number of carboxylic acid groups (broad SMARTS) is 2. The van der Waals surface area contributed by atoms with Crippen LogP contribution < -0.4 is 21.3 Å². The van der Waals surface area contributed by atoms with Crippen LogP contribution in [-0.4, -0.2) is 396 Å². The second-order valence-corrected chi connectivity index (χ2v) is 33.5. The Morgan fingerprint density at radius 3 is 1.22 bits per heavy atom. The first kappa shape index (κ1) is 109. The smallest absolute Gasteiger partial charge is 0.364 e. The minimum Gasteiger partial charge on any atom is -0.477 e. The third-order valence-electron chi connectivity index (χ3n) is 23.6. The Hall–Kier alpha value is -4.68. The summed E-state index contributed by atoms with van der Waals surface area (Å²) in [6.07, 6.45) is -34.9. The Morgan fingerprint density at radius 2 is 0.784 bits per heavy atom. The summed E-state index contributed by atoms with van der Waals surface area (Å²) in [4.78, 5) is 79.5. The average molecular weight is 1810 g/mol. The van der Waals surface area contributed by atoms with Crippen LogP contribution in [0.4, 0.5) is 0 Å². The lowest BCUT2D eigenvalue weighted by molar-refractivity contribution is -0.405. The van der Waals surface area contributed by atoms with E-state index in [0.29, 0.717) is 12.8 Å². The molecule has 0 aliphatic carbocycles. The lowest BCUT2D eigenvalue weighted by atomic mass is 9.88. The van der Waals surface area contributed by atoms with Crippen LogP contribution in [0.5, 0.6) is 0 Å². The van der Waals surface area contributed by atoms with E-state index in [1.165, 1.54) is 89.5 Å². The van der Waals surface area contributed by atoms with Gasteiger partial charge in [0.25, 0.3) is 11.6 Å². The van der Waals surface area contributed by atoms with Crippen LogP contribution >= 0.6 is 0 Å². The van der Waals surface area contributed by atoms with Gasteiger partial charge in [-0.1, -0.05) is 167 Å². The molecule has 6 aliphatic heterocycles. The van der Waals surface area contributed by atoms with Gasteiger partial charge in [-0.25, -0.2) is 9.59 Å². The van der Waals surface area contributed by atoms with Crippen molar-refractivity contribution in [1.29, 1.82) is 0 Å². The van der Waals surface area contributed by atoms with Gasteiger partial charge in [0.1, 0.15) is 134 Å². The molecule has 0 aromatic carbocycles. The second-order valence-electron chi connectivity index (χ2n) is 33.5. The van der Waals surface area contributed by atoms with Gasteiger partial charge in [0, 0.05) is 40.0 Å². The third kappa shape index (κ3) is 31.5. The maximum Gasteiger partial charge on any atom is 0.364 e. The van der Waals surface area contributed by atoms with E-state index in [1.807, 2.05) is 0 Å². The topological polar surface area (TPSA) is 686 Å². The van der Waals surface area contributed by atoms with Crippen LogP contribution in [0.3, 0.4) is 0 Å². The van der Waals surface area contributed by atoms with E-state index in [2.05, 4.69) is 35.1 Å². The molecular weight excluding hydrogens is 1660 g/mol. The largest absolute Gasteiger partial charge is 0.477 e. The van der Waals surface area contributed by atoms with Crippen LogP contribution in [0, 0.1) is 0 Å². The van der Waals surface area contributed by atoms with E-state index in [1.54, 1.807) is 6.08 Å². The Labute approximate surface area is 727 Å². The number of hydrogen-bond donors (Lipinski definition) is 25. The Morgan fingerprint density at radius 1 is 0.416 bits per heavy atom. The summed E-state index contributed by atoms with van der Waals surface area (Å²) in [6.45, 7) is -0.859. The fourth-order valence-corrected chi connectivity index (χ4v) is 16.6. The van der Waals surface area contributed by atoms with Crippen LogP contribution in [-0.2, 0) is 85.6 Å². The van der Waals surface area contributed by atoms with Crippen molar-refractivity contribution in [2.24, 2.45) is 0 Å². The van der Waals surface area contributed by atoms with Crippen molar-refractivity contribution in [3.8, 4) is 0 Å². The molecule has 6 heterocycles. The monoisotopic (exact) mass is 1810 g/mol. The van der Waals surface area contributed by atoms with E-state index in [-0.39, 0.29) is 6.42 Å². The standard InChI is InChI=1S/C82H144N4O39/c1-6-8-10-12-14-16-18-20-22-24-26-28-30-32-47(96)46(86-56(101)33-31-29-27-25-23-21-19-17-15-13-11-9-7-2)42-114-76-65(107)64(106)68(54(40-91)117-76)119-78-67(109)74(125-82(80(112)113)35-49(98)58(84-44(4)94)72(123-82)61(103)51(100)37-88)69(55(41-92)118-78)120-75-59(85-45(5)95)70(62(104)52(38-89)115-75)121-77-66(108)73(63(105)53(39-90)116-77)124-81(79(110)111)34-48(97)57(83-43(3)93)71(122-81)60(102)50(99)36-87/h30,32,46-55,57-78,87-92,96-100,102-109H,6-29,31,33-42H2,1-5H3,(H,83,93)(H,84,94)(H,85,95)(H,86,101)(H,110,111)(H,112,113)/b32-30+/t46-,47+,48?,49?,50+,51+,52?,53?,54?,55?,57+,58+,59?,60+,61+,62-,63-,64+,65?,66?,67?,68+,69-,70+,71?,72?,73-,74+,75-,76+,77-,78-,81-,82-/m0/s1. The molecule has 34 atom stereocenters. The maximum absolute atomic E-state index is 14.0. The molecule has 726 valence electrons. The van der Waals surface area contributed by atoms with Gasteiger partial charge >= 0.3 is 11.9 Å². The summed E-state index contributed by atoms with van der Waals surface area (Å²) in [5.41, 5.74) is 0.